The first-order valence-electron chi connectivity index (χ1n) is 9.37. The topological polar surface area (TPSA) is 36.9 Å². The summed E-state index contributed by atoms with van der Waals surface area (Å²) in [6.07, 6.45) is 2.12. The number of anilines is 2. The molecule has 0 radical (unpaired) electrons. The van der Waals surface area contributed by atoms with E-state index in [1.54, 1.807) is 0 Å². The van der Waals surface area contributed by atoms with Crippen LogP contribution in [0.2, 0.25) is 0 Å². The fraction of sp³-hybridized carbons (Fsp3) is 0.125. The van der Waals surface area contributed by atoms with Crippen molar-refractivity contribution in [3.63, 3.8) is 0 Å². The number of aliphatic imine (C=N–C) groups is 1. The van der Waals surface area contributed by atoms with E-state index in [2.05, 4.69) is 47.6 Å². The van der Waals surface area contributed by atoms with E-state index < -0.39 is 0 Å². The number of ether oxygens (including phenoxy) is 1. The Labute approximate surface area is 165 Å². The maximum Gasteiger partial charge on any atom is 0.131 e. The molecule has 3 aromatic carbocycles. The molecule has 4 heteroatoms. The van der Waals surface area contributed by atoms with E-state index in [1.165, 1.54) is 0 Å². The molecule has 0 saturated heterocycles. The van der Waals surface area contributed by atoms with E-state index >= 15 is 0 Å². The highest BCUT2D eigenvalue weighted by Gasteiger charge is 2.13. The zero-order valence-electron chi connectivity index (χ0n) is 15.9. The van der Waals surface area contributed by atoms with Crippen molar-refractivity contribution in [1.29, 1.82) is 0 Å². The monoisotopic (exact) mass is 369 g/mol. The van der Waals surface area contributed by atoms with Gasteiger partial charge in [-0.15, -0.1) is 0 Å². The van der Waals surface area contributed by atoms with Crippen LogP contribution in [0, 0.1) is 0 Å². The molecule has 0 bridgehead atoms. The van der Waals surface area contributed by atoms with Crippen molar-refractivity contribution < 1.29 is 4.74 Å². The molecule has 0 aromatic heterocycles. The Hall–Kier alpha value is -3.53. The van der Waals surface area contributed by atoms with Gasteiger partial charge in [-0.05, 0) is 48.9 Å². The molecule has 1 N–H and O–H groups in total. The van der Waals surface area contributed by atoms with Crippen molar-refractivity contribution >= 4 is 17.2 Å². The van der Waals surface area contributed by atoms with Gasteiger partial charge in [-0.25, -0.2) is 4.99 Å². The lowest BCUT2D eigenvalue weighted by atomic mass is 10.2. The molecule has 0 unspecified atom stereocenters. The van der Waals surface area contributed by atoms with Gasteiger partial charge in [-0.2, -0.15) is 0 Å². The second-order valence-electron chi connectivity index (χ2n) is 6.69. The molecule has 140 valence electrons. The Kier molecular flexibility index (Phi) is 5.38. The van der Waals surface area contributed by atoms with Crippen LogP contribution in [0.15, 0.2) is 102 Å². The number of nitrogens with one attached hydrogen (secondary N) is 1. The van der Waals surface area contributed by atoms with Crippen molar-refractivity contribution in [3.8, 4) is 5.75 Å². The van der Waals surface area contributed by atoms with Crippen LogP contribution in [-0.4, -0.2) is 12.5 Å². The van der Waals surface area contributed by atoms with Gasteiger partial charge in [-0.1, -0.05) is 48.5 Å². The Balaban J connectivity index is 1.37. The van der Waals surface area contributed by atoms with E-state index in [0.29, 0.717) is 13.3 Å². The number of benzene rings is 3. The van der Waals surface area contributed by atoms with Crippen LogP contribution < -0.4 is 15.0 Å². The second kappa shape index (κ2) is 8.44. The van der Waals surface area contributed by atoms with Gasteiger partial charge in [0.25, 0.3) is 0 Å². The van der Waals surface area contributed by atoms with Crippen molar-refractivity contribution in [1.82, 2.24) is 0 Å². The molecule has 0 spiro atoms. The van der Waals surface area contributed by atoms with Crippen molar-refractivity contribution in [2.75, 3.05) is 16.9 Å². The molecule has 0 saturated carbocycles. The standard InChI is InChI=1S/C24H23N3O/c1-19-16-27(18-25-24(19)26-21-10-6-3-7-11-21)22-12-14-23(15-13-22)28-17-20-8-4-2-5-9-20/h2-16H,17-18H2,1H3,(H,25,26). The third-order valence-electron chi connectivity index (χ3n) is 4.56. The average Bonchev–Trinajstić information content (AvgIpc) is 2.76. The Morgan fingerprint density at radius 1 is 0.893 bits per heavy atom. The molecule has 0 fully saturated rings. The van der Waals surface area contributed by atoms with Crippen LogP contribution in [0.25, 0.3) is 0 Å². The summed E-state index contributed by atoms with van der Waals surface area (Å²) in [5.41, 5.74) is 4.39. The smallest absolute Gasteiger partial charge is 0.131 e. The van der Waals surface area contributed by atoms with Gasteiger partial charge >= 0.3 is 0 Å². The van der Waals surface area contributed by atoms with E-state index in [0.717, 1.165) is 34.1 Å². The predicted molar refractivity (Wildman–Crippen MR) is 116 cm³/mol. The quantitative estimate of drug-likeness (QED) is 0.649. The van der Waals surface area contributed by atoms with Gasteiger partial charge in [0.15, 0.2) is 0 Å². The predicted octanol–water partition coefficient (Wildman–Crippen LogP) is 5.46. The third-order valence-corrected chi connectivity index (χ3v) is 4.56. The van der Waals surface area contributed by atoms with Gasteiger partial charge in [-0.3, -0.25) is 0 Å². The summed E-state index contributed by atoms with van der Waals surface area (Å²) in [6.45, 7) is 3.22. The largest absolute Gasteiger partial charge is 0.489 e. The lowest BCUT2D eigenvalue weighted by molar-refractivity contribution is 0.306. The summed E-state index contributed by atoms with van der Waals surface area (Å²) >= 11 is 0. The van der Waals surface area contributed by atoms with Gasteiger partial charge in [0.05, 0.1) is 0 Å². The highest BCUT2D eigenvalue weighted by atomic mass is 16.5. The minimum absolute atomic E-state index is 0.571. The second-order valence-corrected chi connectivity index (χ2v) is 6.69. The maximum absolute atomic E-state index is 5.87. The highest BCUT2D eigenvalue weighted by molar-refractivity contribution is 6.08. The summed E-state index contributed by atoms with van der Waals surface area (Å²) in [5, 5.41) is 3.38. The fourth-order valence-electron chi connectivity index (χ4n) is 3.03. The fourth-order valence-corrected chi connectivity index (χ4v) is 3.03. The van der Waals surface area contributed by atoms with Crippen LogP contribution >= 0.6 is 0 Å². The van der Waals surface area contributed by atoms with Crippen molar-refractivity contribution in [3.05, 3.63) is 102 Å². The Morgan fingerprint density at radius 3 is 2.25 bits per heavy atom. The molecule has 0 atom stereocenters. The molecular weight excluding hydrogens is 346 g/mol. The van der Waals surface area contributed by atoms with Crippen molar-refractivity contribution in [2.24, 2.45) is 4.99 Å². The molecule has 0 amide bonds. The number of amidine groups is 1. The molecule has 4 rings (SSSR count). The minimum Gasteiger partial charge on any atom is -0.489 e. The Bertz CT molecular complexity index is 964. The average molecular weight is 369 g/mol. The van der Waals surface area contributed by atoms with E-state index in [4.69, 9.17) is 9.73 Å². The van der Waals surface area contributed by atoms with Crippen LogP contribution in [0.4, 0.5) is 11.4 Å². The van der Waals surface area contributed by atoms with Gasteiger partial charge < -0.3 is 15.0 Å². The number of nitrogens with zero attached hydrogens (tertiary/aromatic N) is 2. The molecule has 28 heavy (non-hydrogen) atoms. The Morgan fingerprint density at radius 2 is 1.57 bits per heavy atom. The van der Waals surface area contributed by atoms with E-state index in [1.807, 2.05) is 60.7 Å². The summed E-state index contributed by atoms with van der Waals surface area (Å²) < 4.78 is 5.87. The first-order valence-corrected chi connectivity index (χ1v) is 9.37. The van der Waals surface area contributed by atoms with Crippen LogP contribution in [0.3, 0.4) is 0 Å². The van der Waals surface area contributed by atoms with Crippen LogP contribution in [-0.2, 0) is 6.61 Å². The molecular formula is C24H23N3O. The first-order chi connectivity index (χ1) is 13.8. The van der Waals surface area contributed by atoms with Gasteiger partial charge in [0.1, 0.15) is 24.9 Å². The first kappa shape index (κ1) is 17.9. The molecule has 3 aromatic rings. The summed E-state index contributed by atoms with van der Waals surface area (Å²) in [4.78, 5) is 6.83. The minimum atomic E-state index is 0.571. The molecule has 4 nitrogen and oxygen atoms in total. The number of para-hydroxylation sites is 1. The highest BCUT2D eigenvalue weighted by Crippen LogP contribution is 2.23. The normalized spacial score (nSPS) is 13.5. The maximum atomic E-state index is 5.87. The number of hydrogen-bond acceptors (Lipinski definition) is 4. The SMILES string of the molecule is CC1=CN(c2ccc(OCc3ccccc3)cc2)CN=C1Nc1ccccc1. The lowest BCUT2D eigenvalue weighted by Gasteiger charge is -2.25. The zero-order chi connectivity index (χ0) is 19.2. The lowest BCUT2D eigenvalue weighted by Crippen LogP contribution is -2.27. The van der Waals surface area contributed by atoms with Crippen LogP contribution in [0.5, 0.6) is 5.75 Å². The van der Waals surface area contributed by atoms with Crippen molar-refractivity contribution in [2.45, 2.75) is 13.5 Å². The molecule has 1 aliphatic heterocycles. The van der Waals surface area contributed by atoms with E-state index in [-0.39, 0.29) is 0 Å². The summed E-state index contributed by atoms with van der Waals surface area (Å²) in [7, 11) is 0. The number of rotatable bonds is 5. The van der Waals surface area contributed by atoms with Crippen LogP contribution in [0.1, 0.15) is 12.5 Å². The van der Waals surface area contributed by atoms with Gasteiger partial charge in [0, 0.05) is 23.1 Å². The molecule has 1 aliphatic rings. The molecule has 1 heterocycles. The third kappa shape index (κ3) is 4.41. The summed E-state index contributed by atoms with van der Waals surface area (Å²) in [5.74, 6) is 1.77. The van der Waals surface area contributed by atoms with Gasteiger partial charge in [0.2, 0.25) is 0 Å². The zero-order valence-corrected chi connectivity index (χ0v) is 15.9. The molecule has 0 aliphatic carbocycles. The van der Waals surface area contributed by atoms with E-state index in [9.17, 15) is 0 Å². The number of hydrogen-bond donors (Lipinski definition) is 1. The summed E-state index contributed by atoms with van der Waals surface area (Å²) in [6, 6.07) is 28.4.